The van der Waals surface area contributed by atoms with E-state index in [1.165, 1.54) is 6.07 Å². The van der Waals surface area contributed by atoms with Crippen molar-refractivity contribution in [2.45, 2.75) is 31.5 Å². The van der Waals surface area contributed by atoms with Crippen LogP contribution >= 0.6 is 27.5 Å². The quantitative estimate of drug-likeness (QED) is 0.671. The third-order valence-corrected chi connectivity index (χ3v) is 5.21. The van der Waals surface area contributed by atoms with Crippen molar-refractivity contribution in [3.8, 4) is 0 Å². The molecule has 1 fully saturated rings. The third kappa shape index (κ3) is 2.07. The van der Waals surface area contributed by atoms with E-state index in [1.807, 2.05) is 6.92 Å². The number of rotatable bonds is 2. The fourth-order valence-corrected chi connectivity index (χ4v) is 2.66. The lowest BCUT2D eigenvalue weighted by Crippen LogP contribution is -2.06. The van der Waals surface area contributed by atoms with E-state index in [-0.39, 0.29) is 16.1 Å². The lowest BCUT2D eigenvalue weighted by molar-refractivity contribution is 0.529. The second-order valence-corrected chi connectivity index (χ2v) is 5.96. The van der Waals surface area contributed by atoms with E-state index < -0.39 is 0 Å². The topological polar surface area (TPSA) is 0 Å². The molecule has 0 saturated heterocycles. The van der Waals surface area contributed by atoms with E-state index in [9.17, 15) is 4.39 Å². The minimum absolute atomic E-state index is 0.0723. The molecule has 0 amide bonds. The molecule has 0 bridgehead atoms. The summed E-state index contributed by atoms with van der Waals surface area (Å²) in [6.07, 6.45) is 2.29. The number of benzene rings is 1. The van der Waals surface area contributed by atoms with Gasteiger partial charge in [-0.2, -0.15) is 0 Å². The van der Waals surface area contributed by atoms with E-state index in [4.69, 9.17) is 11.6 Å². The molecule has 1 aliphatic rings. The summed E-state index contributed by atoms with van der Waals surface area (Å²) in [5.74, 6) is -0.160. The van der Waals surface area contributed by atoms with E-state index in [1.54, 1.807) is 6.07 Å². The van der Waals surface area contributed by atoms with Crippen molar-refractivity contribution in [1.29, 1.82) is 0 Å². The lowest BCUT2D eigenvalue weighted by atomic mass is 9.97. The van der Waals surface area contributed by atoms with E-state index in [2.05, 4.69) is 22.9 Å². The predicted molar refractivity (Wildman–Crippen MR) is 65.2 cm³/mol. The van der Waals surface area contributed by atoms with Gasteiger partial charge in [0, 0.05) is 15.4 Å². The Labute approximate surface area is 103 Å². The molecule has 0 aromatic heterocycles. The normalized spacial score (nSPS) is 20.1. The van der Waals surface area contributed by atoms with Crippen molar-refractivity contribution in [2.75, 3.05) is 0 Å². The van der Waals surface area contributed by atoms with Crippen molar-refractivity contribution in [3.63, 3.8) is 0 Å². The molecule has 0 radical (unpaired) electrons. The van der Waals surface area contributed by atoms with Gasteiger partial charge < -0.3 is 0 Å². The standard InChI is InChI=1S/C12H13BrClF/c1-7-5-10(15)8(6-9(7)14)11(13)12(2)3-4-12/h5-6,11H,3-4H2,1-2H3. The molecule has 1 aliphatic carbocycles. The van der Waals surface area contributed by atoms with Crippen molar-refractivity contribution in [3.05, 3.63) is 34.1 Å². The maximum absolute atomic E-state index is 13.8. The molecule has 1 atom stereocenters. The maximum atomic E-state index is 13.8. The fourth-order valence-electron chi connectivity index (χ4n) is 1.68. The van der Waals surface area contributed by atoms with Gasteiger partial charge in [0.2, 0.25) is 0 Å². The van der Waals surface area contributed by atoms with E-state index in [0.717, 1.165) is 18.4 Å². The first-order chi connectivity index (χ1) is 6.94. The molecule has 0 aliphatic heterocycles. The smallest absolute Gasteiger partial charge is 0.127 e. The Balaban J connectivity index is 2.39. The van der Waals surface area contributed by atoms with Crippen LogP contribution in [0.4, 0.5) is 4.39 Å². The summed E-state index contributed by atoms with van der Waals surface area (Å²) in [6.45, 7) is 3.98. The van der Waals surface area contributed by atoms with Gasteiger partial charge in [-0.15, -0.1) is 0 Å². The molecule has 0 N–H and O–H groups in total. The summed E-state index contributed by atoms with van der Waals surface area (Å²) in [5, 5.41) is 0.639. The average Bonchev–Trinajstić information content (AvgIpc) is 2.90. The van der Waals surface area contributed by atoms with Crippen LogP contribution in [-0.4, -0.2) is 0 Å². The van der Waals surface area contributed by atoms with Crippen molar-refractivity contribution in [1.82, 2.24) is 0 Å². The molecular formula is C12H13BrClF. The lowest BCUT2D eigenvalue weighted by Gasteiger charge is -2.18. The van der Waals surface area contributed by atoms with Crippen molar-refractivity contribution >= 4 is 27.5 Å². The second-order valence-electron chi connectivity index (χ2n) is 4.64. The Bertz CT molecular complexity index is 399. The summed E-state index contributed by atoms with van der Waals surface area (Å²) in [5.41, 5.74) is 1.68. The summed E-state index contributed by atoms with van der Waals surface area (Å²) in [6, 6.07) is 3.26. The highest BCUT2D eigenvalue weighted by Gasteiger charge is 2.45. The summed E-state index contributed by atoms with van der Waals surface area (Å²) in [4.78, 5) is 0.0723. The Morgan fingerprint density at radius 1 is 1.47 bits per heavy atom. The SMILES string of the molecule is Cc1cc(F)c(C(Br)C2(C)CC2)cc1Cl. The van der Waals surface area contributed by atoms with Crippen molar-refractivity contribution < 1.29 is 4.39 Å². The number of hydrogen-bond donors (Lipinski definition) is 0. The van der Waals surface area contributed by atoms with Crippen LogP contribution in [0.3, 0.4) is 0 Å². The van der Waals surface area contributed by atoms with Gasteiger partial charge in [-0.05, 0) is 42.9 Å². The molecule has 1 saturated carbocycles. The van der Waals surface area contributed by atoms with Crippen molar-refractivity contribution in [2.24, 2.45) is 5.41 Å². The van der Waals surface area contributed by atoms with Gasteiger partial charge in [0.1, 0.15) is 5.82 Å². The predicted octanol–water partition coefficient (Wildman–Crippen LogP) is 5.02. The van der Waals surface area contributed by atoms with Crippen LogP contribution in [-0.2, 0) is 0 Å². The molecule has 3 heteroatoms. The highest BCUT2D eigenvalue weighted by atomic mass is 79.9. The highest BCUT2D eigenvalue weighted by Crippen LogP contribution is 2.58. The monoisotopic (exact) mass is 290 g/mol. The second kappa shape index (κ2) is 3.74. The molecular weight excluding hydrogens is 278 g/mol. The van der Waals surface area contributed by atoms with Gasteiger partial charge in [0.25, 0.3) is 0 Å². The van der Waals surface area contributed by atoms with E-state index in [0.29, 0.717) is 10.6 Å². The Morgan fingerprint density at radius 3 is 2.60 bits per heavy atom. The molecule has 0 spiro atoms. The van der Waals surface area contributed by atoms with Gasteiger partial charge in [-0.1, -0.05) is 34.5 Å². The Kier molecular flexibility index (Phi) is 2.85. The Morgan fingerprint density at radius 2 is 2.07 bits per heavy atom. The van der Waals surface area contributed by atoms with Gasteiger partial charge in [0.05, 0.1) is 0 Å². The minimum atomic E-state index is -0.160. The number of halogens is 3. The van der Waals surface area contributed by atoms with Crippen LogP contribution in [0, 0.1) is 18.2 Å². The first-order valence-corrected chi connectivity index (χ1v) is 6.33. The van der Waals surface area contributed by atoms with Crippen LogP contribution in [0.15, 0.2) is 12.1 Å². The molecule has 1 aromatic carbocycles. The first-order valence-electron chi connectivity index (χ1n) is 5.04. The molecule has 1 unspecified atom stereocenters. The zero-order valence-electron chi connectivity index (χ0n) is 8.78. The highest BCUT2D eigenvalue weighted by molar-refractivity contribution is 9.09. The van der Waals surface area contributed by atoms with Crippen LogP contribution in [0.2, 0.25) is 5.02 Å². The van der Waals surface area contributed by atoms with Gasteiger partial charge in [-0.25, -0.2) is 4.39 Å². The molecule has 15 heavy (non-hydrogen) atoms. The van der Waals surface area contributed by atoms with E-state index >= 15 is 0 Å². The molecule has 82 valence electrons. The number of hydrogen-bond acceptors (Lipinski definition) is 0. The fraction of sp³-hybridized carbons (Fsp3) is 0.500. The largest absolute Gasteiger partial charge is 0.207 e. The summed E-state index contributed by atoms with van der Waals surface area (Å²) >= 11 is 9.59. The molecule has 2 rings (SSSR count). The van der Waals surface area contributed by atoms with Crippen LogP contribution in [0.1, 0.15) is 35.7 Å². The summed E-state index contributed by atoms with van der Waals surface area (Å²) in [7, 11) is 0. The molecule has 0 heterocycles. The Hall–Kier alpha value is -0.0800. The van der Waals surface area contributed by atoms with Crippen LogP contribution in [0.5, 0.6) is 0 Å². The van der Waals surface area contributed by atoms with Gasteiger partial charge in [-0.3, -0.25) is 0 Å². The van der Waals surface area contributed by atoms with Gasteiger partial charge >= 0.3 is 0 Å². The zero-order chi connectivity index (χ0) is 11.2. The van der Waals surface area contributed by atoms with Crippen LogP contribution < -0.4 is 0 Å². The first kappa shape index (κ1) is 11.4. The minimum Gasteiger partial charge on any atom is -0.207 e. The number of alkyl halides is 1. The average molecular weight is 292 g/mol. The maximum Gasteiger partial charge on any atom is 0.127 e. The molecule has 1 aromatic rings. The summed E-state index contributed by atoms with van der Waals surface area (Å²) < 4.78 is 13.8. The van der Waals surface area contributed by atoms with Gasteiger partial charge in [0.15, 0.2) is 0 Å². The number of aryl methyl sites for hydroxylation is 1. The third-order valence-electron chi connectivity index (χ3n) is 3.20. The molecule has 0 nitrogen and oxygen atoms in total. The van der Waals surface area contributed by atoms with Crippen LogP contribution in [0.25, 0.3) is 0 Å². The zero-order valence-corrected chi connectivity index (χ0v) is 11.1.